The first kappa shape index (κ1) is 38.2. The highest BCUT2D eigenvalue weighted by Gasteiger charge is 2.59. The van der Waals surface area contributed by atoms with E-state index in [0.717, 1.165) is 54.8 Å². The molecule has 4 aliphatic rings. The molecule has 3 saturated carbocycles. The molecule has 8 atom stereocenters. The first-order valence-corrected chi connectivity index (χ1v) is 20.2. The molecule has 0 amide bonds. The predicted octanol–water partition coefficient (Wildman–Crippen LogP) is 11.1. The average Bonchev–Trinajstić information content (AvgIpc) is 3.50. The number of rotatable bonds is 15. The van der Waals surface area contributed by atoms with Gasteiger partial charge in [-0.2, -0.15) is 0 Å². The van der Waals surface area contributed by atoms with Crippen molar-refractivity contribution in [1.82, 2.24) is 0 Å². The van der Waals surface area contributed by atoms with Gasteiger partial charge in [0.1, 0.15) is 37.4 Å². The molecule has 6 heteroatoms. The van der Waals surface area contributed by atoms with Crippen LogP contribution < -0.4 is 9.47 Å². The van der Waals surface area contributed by atoms with E-state index in [-0.39, 0.29) is 30.7 Å². The number of hydrogen-bond donors (Lipinski definition) is 0. The second-order valence-electron chi connectivity index (χ2n) is 17.2. The van der Waals surface area contributed by atoms with Crippen LogP contribution in [0.3, 0.4) is 0 Å². The minimum absolute atomic E-state index is 0.0822. The van der Waals surface area contributed by atoms with Crippen molar-refractivity contribution in [2.45, 2.75) is 111 Å². The third kappa shape index (κ3) is 8.31. The lowest BCUT2D eigenvalue weighted by Gasteiger charge is -2.58. The highest BCUT2D eigenvalue weighted by molar-refractivity contribution is 5.90. The van der Waals surface area contributed by atoms with Gasteiger partial charge in [0.05, 0.1) is 11.1 Å². The minimum atomic E-state index is -0.426. The lowest BCUT2D eigenvalue weighted by Crippen LogP contribution is -2.51. The number of benzene rings is 2. The van der Waals surface area contributed by atoms with Gasteiger partial charge in [-0.3, -0.25) is 0 Å². The van der Waals surface area contributed by atoms with Crippen LogP contribution in [0.15, 0.2) is 72.8 Å². The Morgan fingerprint density at radius 3 is 2.21 bits per heavy atom. The maximum atomic E-state index is 13.2. The summed E-state index contributed by atoms with van der Waals surface area (Å²) in [6, 6.07) is 13.8. The van der Waals surface area contributed by atoms with E-state index in [4.69, 9.17) is 18.9 Å². The first-order valence-electron chi connectivity index (χ1n) is 20.2. The molecule has 282 valence electrons. The van der Waals surface area contributed by atoms with Gasteiger partial charge in [-0.1, -0.05) is 78.2 Å². The number of ether oxygens (including phenoxy) is 4. The molecule has 2 aromatic carbocycles. The molecule has 6 nitrogen and oxygen atoms in total. The van der Waals surface area contributed by atoms with Crippen LogP contribution in [0.4, 0.5) is 0 Å². The summed E-state index contributed by atoms with van der Waals surface area (Å²) in [5.74, 6) is 5.48. The van der Waals surface area contributed by atoms with Gasteiger partial charge in [0, 0.05) is 6.42 Å². The quantitative estimate of drug-likeness (QED) is 0.104. The molecule has 52 heavy (non-hydrogen) atoms. The zero-order chi connectivity index (χ0) is 36.9. The highest BCUT2D eigenvalue weighted by Crippen LogP contribution is 2.67. The van der Waals surface area contributed by atoms with Gasteiger partial charge in [-0.25, -0.2) is 9.59 Å². The number of hydrogen-bond acceptors (Lipinski definition) is 6. The van der Waals surface area contributed by atoms with Crippen LogP contribution >= 0.6 is 0 Å². The third-order valence-electron chi connectivity index (χ3n) is 13.7. The van der Waals surface area contributed by atoms with E-state index in [1.165, 1.54) is 56.9 Å². The summed E-state index contributed by atoms with van der Waals surface area (Å²) in [4.78, 5) is 25.6. The van der Waals surface area contributed by atoms with E-state index in [0.29, 0.717) is 34.6 Å². The Balaban J connectivity index is 0.962. The Hall–Kier alpha value is -3.54. The average molecular weight is 711 g/mol. The van der Waals surface area contributed by atoms with Gasteiger partial charge in [-0.05, 0) is 140 Å². The lowest BCUT2D eigenvalue weighted by molar-refractivity contribution is -0.0594. The van der Waals surface area contributed by atoms with E-state index in [1.54, 1.807) is 54.6 Å². The first-order chi connectivity index (χ1) is 25.0. The molecule has 0 saturated heterocycles. The number of fused-ring (bicyclic) bond motifs is 5. The zero-order valence-electron chi connectivity index (χ0n) is 32.4. The number of allylic oxidation sites excluding steroid dienone is 1. The SMILES string of the molecule is C=CCOc1ccc(C(=O)OCCOc2ccc(C(=O)OC3CC[C@@]4(C)C(=CC[C@H]5[C@@H]6CC[C@H]([C@H](C)CCCC(C)C)[C@@]6(C)CC[C@@H]54)C3)cc2)cc1. The Morgan fingerprint density at radius 2 is 1.52 bits per heavy atom. The van der Waals surface area contributed by atoms with Gasteiger partial charge < -0.3 is 18.9 Å². The second-order valence-corrected chi connectivity index (χ2v) is 17.2. The second kappa shape index (κ2) is 16.6. The maximum absolute atomic E-state index is 13.2. The Morgan fingerprint density at radius 1 is 0.827 bits per heavy atom. The molecule has 2 aromatic rings. The van der Waals surface area contributed by atoms with Crippen molar-refractivity contribution in [3.8, 4) is 11.5 Å². The van der Waals surface area contributed by atoms with Crippen LogP contribution in [0.2, 0.25) is 0 Å². The van der Waals surface area contributed by atoms with Gasteiger partial charge in [0.15, 0.2) is 0 Å². The fourth-order valence-electron chi connectivity index (χ4n) is 10.9. The summed E-state index contributed by atoms with van der Waals surface area (Å²) >= 11 is 0. The Bertz CT molecular complexity index is 1560. The number of carbonyl (C=O) groups is 2. The number of esters is 2. The lowest BCUT2D eigenvalue weighted by atomic mass is 9.47. The summed E-state index contributed by atoms with van der Waals surface area (Å²) in [6.45, 7) is 16.8. The summed E-state index contributed by atoms with van der Waals surface area (Å²) in [7, 11) is 0. The molecule has 1 unspecified atom stereocenters. The van der Waals surface area contributed by atoms with Crippen LogP contribution in [-0.4, -0.2) is 37.9 Å². The zero-order valence-corrected chi connectivity index (χ0v) is 32.4. The molecule has 0 spiro atoms. The molecule has 0 aromatic heterocycles. The molecular weight excluding hydrogens is 649 g/mol. The van der Waals surface area contributed by atoms with Crippen LogP contribution in [0.25, 0.3) is 0 Å². The monoisotopic (exact) mass is 710 g/mol. The topological polar surface area (TPSA) is 71.1 Å². The third-order valence-corrected chi connectivity index (χ3v) is 13.7. The fourth-order valence-corrected chi connectivity index (χ4v) is 10.9. The molecule has 4 aliphatic carbocycles. The van der Waals surface area contributed by atoms with Crippen LogP contribution in [-0.2, 0) is 9.47 Å². The van der Waals surface area contributed by atoms with Gasteiger partial charge in [-0.15, -0.1) is 0 Å². The van der Waals surface area contributed by atoms with Crippen molar-refractivity contribution in [3.63, 3.8) is 0 Å². The molecule has 3 fully saturated rings. The van der Waals surface area contributed by atoms with Crippen molar-refractivity contribution in [2.24, 2.45) is 46.3 Å². The Kier molecular flexibility index (Phi) is 12.2. The van der Waals surface area contributed by atoms with Crippen LogP contribution in [0, 0.1) is 46.3 Å². The van der Waals surface area contributed by atoms with Crippen molar-refractivity contribution in [3.05, 3.63) is 84.0 Å². The van der Waals surface area contributed by atoms with E-state index in [9.17, 15) is 9.59 Å². The fraction of sp³-hybridized carbons (Fsp3) is 0.609. The van der Waals surface area contributed by atoms with Crippen molar-refractivity contribution in [2.75, 3.05) is 19.8 Å². The standard InChI is InChI=1S/C46H62O6/c1-7-27-49-36-16-11-33(12-17-36)43(47)51-29-28-50-37-18-13-34(14-19-37)44(48)52-38-23-25-45(5)35(30-38)15-20-39-41-22-21-40(32(4)10-8-9-31(2)3)46(41,6)26-24-42(39)45/h7,11-19,31-32,38-42H,1,8-10,20-30H2,2-6H3/t32-,38?,39+,40-,41+,42+,45+,46-/m1/s1. The smallest absolute Gasteiger partial charge is 0.338 e. The van der Waals surface area contributed by atoms with E-state index in [2.05, 4.69) is 47.3 Å². The highest BCUT2D eigenvalue weighted by atomic mass is 16.6. The van der Waals surface area contributed by atoms with Crippen LogP contribution in [0.5, 0.6) is 11.5 Å². The predicted molar refractivity (Wildman–Crippen MR) is 207 cm³/mol. The molecule has 0 bridgehead atoms. The summed E-state index contributed by atoms with van der Waals surface area (Å²) in [5.41, 5.74) is 3.22. The summed E-state index contributed by atoms with van der Waals surface area (Å²) < 4.78 is 22.7. The van der Waals surface area contributed by atoms with E-state index >= 15 is 0 Å². The maximum Gasteiger partial charge on any atom is 0.338 e. The van der Waals surface area contributed by atoms with Crippen LogP contribution in [0.1, 0.15) is 126 Å². The van der Waals surface area contributed by atoms with Gasteiger partial charge in [0.2, 0.25) is 0 Å². The van der Waals surface area contributed by atoms with E-state index < -0.39 is 5.97 Å². The Labute approximate surface area is 312 Å². The van der Waals surface area contributed by atoms with Crippen molar-refractivity contribution in [1.29, 1.82) is 0 Å². The van der Waals surface area contributed by atoms with Gasteiger partial charge in [0.25, 0.3) is 0 Å². The molecule has 0 N–H and O–H groups in total. The van der Waals surface area contributed by atoms with E-state index in [1.807, 2.05) is 0 Å². The molecule has 0 aliphatic heterocycles. The van der Waals surface area contributed by atoms with Crippen molar-refractivity contribution >= 4 is 11.9 Å². The van der Waals surface area contributed by atoms with Gasteiger partial charge >= 0.3 is 11.9 Å². The number of carbonyl (C=O) groups excluding carboxylic acids is 2. The molecular formula is C46H62O6. The molecule has 6 rings (SSSR count). The molecule has 0 heterocycles. The summed E-state index contributed by atoms with van der Waals surface area (Å²) in [5, 5.41) is 0. The summed E-state index contributed by atoms with van der Waals surface area (Å²) in [6.07, 6.45) is 17.9. The minimum Gasteiger partial charge on any atom is -0.490 e. The molecule has 0 radical (unpaired) electrons. The van der Waals surface area contributed by atoms with Crippen molar-refractivity contribution < 1.29 is 28.5 Å². The normalized spacial score (nSPS) is 29.9. The largest absolute Gasteiger partial charge is 0.490 e.